The van der Waals surface area contributed by atoms with E-state index in [1.807, 2.05) is 31.2 Å². The molecule has 0 N–H and O–H groups in total. The number of hydrogen-bond acceptors (Lipinski definition) is 4. The minimum absolute atomic E-state index is 0.680. The minimum Gasteiger partial charge on any atom is -0.494 e. The fourth-order valence-electron chi connectivity index (χ4n) is 2.99. The zero-order chi connectivity index (χ0) is 18.7. The standard InChI is InChI=1S/C22H24O3S/c1-6-25-18-10-7-16(8-11-18)21-14(2)15(3)22(26-21)17-9-12-19(23-4)20(13-17)24-5/h7-13H,6H2,1-5H3. The van der Waals surface area contributed by atoms with Crippen LogP contribution in [0.2, 0.25) is 0 Å². The first-order valence-corrected chi connectivity index (χ1v) is 9.46. The topological polar surface area (TPSA) is 27.7 Å². The average molecular weight is 368 g/mol. The quantitative estimate of drug-likeness (QED) is 0.525. The van der Waals surface area contributed by atoms with Crippen molar-refractivity contribution in [1.29, 1.82) is 0 Å². The molecule has 0 amide bonds. The fraction of sp³-hybridized carbons (Fsp3) is 0.273. The van der Waals surface area contributed by atoms with Gasteiger partial charge >= 0.3 is 0 Å². The third kappa shape index (κ3) is 3.42. The Morgan fingerprint density at radius 1 is 0.769 bits per heavy atom. The van der Waals surface area contributed by atoms with Gasteiger partial charge in [-0.1, -0.05) is 0 Å². The lowest BCUT2D eigenvalue weighted by Gasteiger charge is -2.09. The second-order valence-electron chi connectivity index (χ2n) is 6.04. The second-order valence-corrected chi connectivity index (χ2v) is 7.06. The Labute approximate surface area is 159 Å². The van der Waals surface area contributed by atoms with Gasteiger partial charge in [0.15, 0.2) is 11.5 Å². The summed E-state index contributed by atoms with van der Waals surface area (Å²) in [5.74, 6) is 2.40. The molecule has 26 heavy (non-hydrogen) atoms. The maximum Gasteiger partial charge on any atom is 0.161 e. The van der Waals surface area contributed by atoms with Crippen LogP contribution in [0.5, 0.6) is 17.2 Å². The van der Waals surface area contributed by atoms with E-state index in [4.69, 9.17) is 14.2 Å². The molecule has 0 atom stereocenters. The van der Waals surface area contributed by atoms with Crippen LogP contribution >= 0.6 is 11.3 Å². The average Bonchev–Trinajstić information content (AvgIpc) is 2.97. The van der Waals surface area contributed by atoms with Gasteiger partial charge < -0.3 is 14.2 Å². The van der Waals surface area contributed by atoms with Crippen LogP contribution in [-0.4, -0.2) is 20.8 Å². The first-order valence-electron chi connectivity index (χ1n) is 8.64. The molecule has 0 bridgehead atoms. The van der Waals surface area contributed by atoms with E-state index in [0.29, 0.717) is 6.61 Å². The van der Waals surface area contributed by atoms with Gasteiger partial charge in [0.2, 0.25) is 0 Å². The Morgan fingerprint density at radius 3 is 1.92 bits per heavy atom. The van der Waals surface area contributed by atoms with Crippen LogP contribution in [0.15, 0.2) is 42.5 Å². The second kappa shape index (κ2) is 7.83. The molecule has 0 spiro atoms. The molecule has 4 heteroatoms. The molecular weight excluding hydrogens is 344 g/mol. The number of benzene rings is 2. The van der Waals surface area contributed by atoms with Crippen molar-refractivity contribution in [1.82, 2.24) is 0 Å². The van der Waals surface area contributed by atoms with Crippen LogP contribution in [0.25, 0.3) is 20.9 Å². The van der Waals surface area contributed by atoms with E-state index in [1.165, 1.54) is 26.4 Å². The largest absolute Gasteiger partial charge is 0.494 e. The summed E-state index contributed by atoms with van der Waals surface area (Å²) in [5.41, 5.74) is 4.96. The summed E-state index contributed by atoms with van der Waals surface area (Å²) in [5, 5.41) is 0. The van der Waals surface area contributed by atoms with E-state index in [1.54, 1.807) is 25.6 Å². The van der Waals surface area contributed by atoms with Gasteiger partial charge in [-0.15, -0.1) is 11.3 Å². The molecule has 0 saturated heterocycles. The Hall–Kier alpha value is -2.46. The highest BCUT2D eigenvalue weighted by Gasteiger charge is 2.16. The van der Waals surface area contributed by atoms with Crippen molar-refractivity contribution < 1.29 is 14.2 Å². The summed E-state index contributed by atoms with van der Waals surface area (Å²) in [4.78, 5) is 2.54. The SMILES string of the molecule is CCOc1ccc(-c2sc(-c3ccc(OC)c(OC)c3)c(C)c2C)cc1. The lowest BCUT2D eigenvalue weighted by molar-refractivity contribution is 0.340. The molecular formula is C22H24O3S. The molecule has 3 nitrogen and oxygen atoms in total. The number of rotatable bonds is 6. The van der Waals surface area contributed by atoms with E-state index in [9.17, 15) is 0 Å². The lowest BCUT2D eigenvalue weighted by atomic mass is 10.0. The third-order valence-electron chi connectivity index (χ3n) is 4.52. The highest BCUT2D eigenvalue weighted by atomic mass is 32.1. The summed E-state index contributed by atoms with van der Waals surface area (Å²) in [6.07, 6.45) is 0. The Kier molecular flexibility index (Phi) is 5.52. The predicted octanol–water partition coefficient (Wildman–Crippen LogP) is 6.11. The zero-order valence-electron chi connectivity index (χ0n) is 15.9. The van der Waals surface area contributed by atoms with Gasteiger partial charge in [0, 0.05) is 9.75 Å². The number of thiophene rings is 1. The van der Waals surface area contributed by atoms with Crippen LogP contribution in [0.1, 0.15) is 18.1 Å². The monoisotopic (exact) mass is 368 g/mol. The summed E-state index contributed by atoms with van der Waals surface area (Å²) in [6.45, 7) is 7.04. The normalized spacial score (nSPS) is 10.7. The summed E-state index contributed by atoms with van der Waals surface area (Å²) < 4.78 is 16.4. The van der Waals surface area contributed by atoms with Crippen molar-refractivity contribution in [3.63, 3.8) is 0 Å². The van der Waals surface area contributed by atoms with E-state index in [2.05, 4.69) is 32.0 Å². The van der Waals surface area contributed by atoms with E-state index in [-0.39, 0.29) is 0 Å². The number of ether oxygens (including phenoxy) is 3. The van der Waals surface area contributed by atoms with E-state index in [0.717, 1.165) is 22.8 Å². The molecule has 0 saturated carbocycles. The van der Waals surface area contributed by atoms with Crippen molar-refractivity contribution in [3.8, 4) is 38.1 Å². The summed E-state index contributed by atoms with van der Waals surface area (Å²) in [7, 11) is 3.32. The van der Waals surface area contributed by atoms with Crippen LogP contribution in [-0.2, 0) is 0 Å². The van der Waals surface area contributed by atoms with Gasteiger partial charge in [0.05, 0.1) is 20.8 Å². The van der Waals surface area contributed by atoms with Gasteiger partial charge in [0.1, 0.15) is 5.75 Å². The molecule has 0 radical (unpaired) electrons. The van der Waals surface area contributed by atoms with Gasteiger partial charge in [-0.2, -0.15) is 0 Å². The molecule has 2 aromatic carbocycles. The van der Waals surface area contributed by atoms with Crippen molar-refractivity contribution in [2.45, 2.75) is 20.8 Å². The zero-order valence-corrected chi connectivity index (χ0v) is 16.7. The molecule has 0 aliphatic heterocycles. The van der Waals surface area contributed by atoms with Gasteiger partial charge in [0.25, 0.3) is 0 Å². The highest BCUT2D eigenvalue weighted by molar-refractivity contribution is 7.19. The van der Waals surface area contributed by atoms with Gasteiger partial charge in [-0.3, -0.25) is 0 Å². The van der Waals surface area contributed by atoms with Crippen molar-refractivity contribution >= 4 is 11.3 Å². The molecule has 0 unspecified atom stereocenters. The van der Waals surface area contributed by atoms with Crippen LogP contribution < -0.4 is 14.2 Å². The molecule has 0 aliphatic carbocycles. The Balaban J connectivity index is 2.02. The smallest absolute Gasteiger partial charge is 0.161 e. The first kappa shape index (κ1) is 18.3. The van der Waals surface area contributed by atoms with E-state index >= 15 is 0 Å². The van der Waals surface area contributed by atoms with Crippen LogP contribution in [0.3, 0.4) is 0 Å². The van der Waals surface area contributed by atoms with Crippen molar-refractivity contribution in [3.05, 3.63) is 53.6 Å². The number of hydrogen-bond donors (Lipinski definition) is 0. The summed E-state index contributed by atoms with van der Waals surface area (Å²) in [6, 6.07) is 14.4. The van der Waals surface area contributed by atoms with Crippen LogP contribution in [0, 0.1) is 13.8 Å². The Bertz CT molecular complexity index is 894. The predicted molar refractivity (Wildman–Crippen MR) is 109 cm³/mol. The lowest BCUT2D eigenvalue weighted by Crippen LogP contribution is -1.90. The maximum absolute atomic E-state index is 5.55. The molecule has 3 aromatic rings. The molecule has 1 heterocycles. The Morgan fingerprint density at radius 2 is 1.35 bits per heavy atom. The first-order chi connectivity index (χ1) is 12.6. The summed E-state index contributed by atoms with van der Waals surface area (Å²) >= 11 is 1.81. The maximum atomic E-state index is 5.55. The van der Waals surface area contributed by atoms with E-state index < -0.39 is 0 Å². The van der Waals surface area contributed by atoms with Gasteiger partial charge in [-0.05, 0) is 85.5 Å². The van der Waals surface area contributed by atoms with Crippen molar-refractivity contribution in [2.75, 3.05) is 20.8 Å². The van der Waals surface area contributed by atoms with Crippen LogP contribution in [0.4, 0.5) is 0 Å². The molecule has 3 rings (SSSR count). The molecule has 0 aliphatic rings. The highest BCUT2D eigenvalue weighted by Crippen LogP contribution is 2.43. The number of methoxy groups -OCH3 is 2. The van der Waals surface area contributed by atoms with Gasteiger partial charge in [-0.25, -0.2) is 0 Å². The molecule has 1 aromatic heterocycles. The molecule has 136 valence electrons. The molecule has 0 fully saturated rings. The fourth-order valence-corrected chi connectivity index (χ4v) is 4.31. The minimum atomic E-state index is 0.680. The van der Waals surface area contributed by atoms with Crippen molar-refractivity contribution in [2.24, 2.45) is 0 Å². The third-order valence-corrected chi connectivity index (χ3v) is 6.01.